The van der Waals surface area contributed by atoms with Crippen molar-refractivity contribution in [1.29, 1.82) is 0 Å². The third kappa shape index (κ3) is 16.7. The standard InChI is InChI=1S/C140H126N4/c1-19-97-37-30-43-109(72-97)141(129-77-105(56-51-93(129)15)113-47-27-24-34-89(113)11)133-81-124(85(3)4)116-65-69-121-134(82-125(86(5)6)117-64-68-120(133)137(116)138(117)121)142(110-44-31-38-98(20-2)73-110)132-80-108(59-54-96(132)18)128-76-104(55-50-92(128)14)101-62-60-100(61-63-101)103-42-33-46-112(75-103)144(131-79-107(58-53-95(131)17)115-49-29-26-36-91(115)13)136-84-127(88(9)10)119-66-70-122-135(83-126(87(7)8)118-67-71-123(136)140(119)139(118)122)143(111-45-32-41-102(74-111)99-39-22-21-23-40-99)130-78-106(57-52-94(130)16)114-48-28-25-35-90(114)12/h21-88H,19-20H2,1-18H3. The number of hydrogen-bond donors (Lipinski definition) is 0. The fourth-order valence-electron chi connectivity index (χ4n) is 23.1. The van der Waals surface area contributed by atoms with Crippen LogP contribution in [0.4, 0.5) is 68.2 Å². The first kappa shape index (κ1) is 93.1. The van der Waals surface area contributed by atoms with Crippen molar-refractivity contribution in [2.45, 2.75) is 161 Å². The molecule has 4 heteroatoms. The van der Waals surface area contributed by atoms with Gasteiger partial charge in [-0.3, -0.25) is 0 Å². The summed E-state index contributed by atoms with van der Waals surface area (Å²) >= 11 is 0. The van der Waals surface area contributed by atoms with Crippen molar-refractivity contribution in [2.24, 2.45) is 0 Å². The van der Waals surface area contributed by atoms with Crippen LogP contribution in [0.1, 0.15) is 171 Å². The van der Waals surface area contributed by atoms with Gasteiger partial charge in [-0.2, -0.15) is 0 Å². The average molecular weight is 1860 g/mol. The van der Waals surface area contributed by atoms with E-state index in [0.717, 1.165) is 86.3 Å². The Kier molecular flexibility index (Phi) is 24.7. The Morgan fingerprint density at radius 1 is 0.167 bits per heavy atom. The highest BCUT2D eigenvalue weighted by Gasteiger charge is 2.33. The van der Waals surface area contributed by atoms with E-state index in [-0.39, 0.29) is 23.7 Å². The van der Waals surface area contributed by atoms with Gasteiger partial charge in [-0.05, 0) is 394 Å². The van der Waals surface area contributed by atoms with Crippen LogP contribution in [-0.2, 0) is 12.8 Å². The Hall–Kier alpha value is -15.9. The first-order valence-electron chi connectivity index (χ1n) is 52.0. The Balaban J connectivity index is 0.671. The highest BCUT2D eigenvalue weighted by Crippen LogP contribution is 2.57. The van der Waals surface area contributed by atoms with Gasteiger partial charge in [-0.1, -0.05) is 354 Å². The average Bonchev–Trinajstić information content (AvgIpc) is 0.705. The second-order valence-electron chi connectivity index (χ2n) is 41.6. The van der Waals surface area contributed by atoms with Gasteiger partial charge in [-0.25, -0.2) is 0 Å². The van der Waals surface area contributed by atoms with E-state index in [2.05, 4.69) is 532 Å². The van der Waals surface area contributed by atoms with Gasteiger partial charge in [0.1, 0.15) is 0 Å². The predicted octanol–water partition coefficient (Wildman–Crippen LogP) is 41.1. The Morgan fingerprint density at radius 3 is 0.708 bits per heavy atom. The fourth-order valence-corrected chi connectivity index (χ4v) is 23.1. The van der Waals surface area contributed by atoms with Gasteiger partial charge in [0.15, 0.2) is 0 Å². The summed E-state index contributed by atoms with van der Waals surface area (Å²) in [5.41, 5.74) is 47.9. The minimum atomic E-state index is 0.175. The zero-order valence-electron chi connectivity index (χ0n) is 86.5. The first-order valence-corrected chi connectivity index (χ1v) is 52.0. The summed E-state index contributed by atoms with van der Waals surface area (Å²) < 4.78 is 0. The van der Waals surface area contributed by atoms with Gasteiger partial charge in [0.2, 0.25) is 0 Å². The summed E-state index contributed by atoms with van der Waals surface area (Å²) in [6, 6.07) is 149. The molecule has 0 aliphatic rings. The molecule has 0 unspecified atom stereocenters. The van der Waals surface area contributed by atoms with E-state index in [1.165, 1.54) is 215 Å². The van der Waals surface area contributed by atoms with Crippen molar-refractivity contribution < 1.29 is 0 Å². The monoisotopic (exact) mass is 1860 g/mol. The molecule has 706 valence electrons. The smallest absolute Gasteiger partial charge is 0.0543 e. The number of benzene rings is 22. The molecular weight excluding hydrogens is 1740 g/mol. The summed E-state index contributed by atoms with van der Waals surface area (Å²) in [7, 11) is 0. The van der Waals surface area contributed by atoms with Crippen LogP contribution in [-0.4, -0.2) is 0 Å². The molecule has 0 aliphatic heterocycles. The van der Waals surface area contributed by atoms with Crippen LogP contribution in [0.3, 0.4) is 0 Å². The van der Waals surface area contributed by atoms with Gasteiger partial charge >= 0.3 is 0 Å². The SMILES string of the molecule is CCc1cccc(N(c2cc(-c3ccccc3C)ccc2C)c2cc(C(C)C)c3ccc4c(N(c5cccc(CC)c5)c5cc(-c6cc(-c7ccc(-c8cccc(N(c9cc(-c%10ccccc%10C)ccc9C)c9cc(C(C)C)c%10ccc%11c(N(c%12cccc(-c%13ccccc%13)c%12)c%12cc(-c%13ccccc%13C)ccc%12C)cc(C(C)C)c%12ccc9c%10c%12%11)c8)cc7)ccc6C)ccc5C)cc(C(C)C)c5ccc2c3c54)c1. The van der Waals surface area contributed by atoms with Crippen LogP contribution in [0, 0.1) is 55.4 Å². The Morgan fingerprint density at radius 2 is 0.403 bits per heavy atom. The van der Waals surface area contributed by atoms with Crippen LogP contribution in [0.5, 0.6) is 0 Å². The topological polar surface area (TPSA) is 13.0 Å². The van der Waals surface area contributed by atoms with Gasteiger partial charge < -0.3 is 19.6 Å². The molecule has 0 atom stereocenters. The molecule has 22 aromatic carbocycles. The maximum Gasteiger partial charge on any atom is 0.0543 e. The van der Waals surface area contributed by atoms with Crippen molar-refractivity contribution in [3.63, 3.8) is 0 Å². The van der Waals surface area contributed by atoms with Gasteiger partial charge in [0, 0.05) is 67.0 Å². The molecule has 0 N–H and O–H groups in total. The van der Waals surface area contributed by atoms with E-state index in [4.69, 9.17) is 0 Å². The number of rotatable bonds is 25. The van der Waals surface area contributed by atoms with Crippen LogP contribution >= 0.6 is 0 Å². The third-order valence-electron chi connectivity index (χ3n) is 31.0. The van der Waals surface area contributed by atoms with E-state index in [1.807, 2.05) is 0 Å². The van der Waals surface area contributed by atoms with E-state index in [0.29, 0.717) is 0 Å². The summed E-state index contributed by atoms with van der Waals surface area (Å²) in [4.78, 5) is 10.4. The summed E-state index contributed by atoms with van der Waals surface area (Å²) in [5.74, 6) is 0.795. The van der Waals surface area contributed by atoms with Crippen LogP contribution in [0.2, 0.25) is 0 Å². The molecule has 0 saturated heterocycles. The van der Waals surface area contributed by atoms with Crippen LogP contribution in [0.25, 0.3) is 143 Å². The Bertz CT molecular complexity index is 8720. The van der Waals surface area contributed by atoms with E-state index in [1.54, 1.807) is 0 Å². The Labute approximate surface area is 851 Å². The molecule has 0 aliphatic carbocycles. The molecule has 0 fully saturated rings. The quantitative estimate of drug-likeness (QED) is 0.0529. The largest absolute Gasteiger partial charge is 0.310 e. The van der Waals surface area contributed by atoms with Gasteiger partial charge in [0.05, 0.1) is 22.7 Å². The number of aryl methyl sites for hydroxylation is 10. The molecule has 0 bridgehead atoms. The summed E-state index contributed by atoms with van der Waals surface area (Å²) in [6.07, 6.45) is 1.85. The molecular formula is C140H126N4. The molecule has 22 aromatic rings. The van der Waals surface area contributed by atoms with E-state index in [9.17, 15) is 0 Å². The predicted molar refractivity (Wildman–Crippen MR) is 624 cm³/mol. The fraction of sp³-hybridized carbons (Fsp3) is 0.171. The van der Waals surface area contributed by atoms with Crippen molar-refractivity contribution in [3.05, 3.63) is 466 Å². The lowest BCUT2D eigenvalue weighted by Crippen LogP contribution is -2.14. The normalized spacial score (nSPS) is 11.8. The van der Waals surface area contributed by atoms with Gasteiger partial charge in [-0.15, -0.1) is 0 Å². The highest BCUT2D eigenvalue weighted by molar-refractivity contribution is 6.31. The first-order chi connectivity index (χ1) is 69.9. The van der Waals surface area contributed by atoms with Crippen LogP contribution < -0.4 is 19.6 Å². The molecule has 144 heavy (non-hydrogen) atoms. The van der Waals surface area contributed by atoms with Crippen molar-refractivity contribution in [1.82, 2.24) is 0 Å². The zero-order valence-corrected chi connectivity index (χ0v) is 86.5. The second-order valence-corrected chi connectivity index (χ2v) is 41.6. The molecule has 0 spiro atoms. The summed E-state index contributed by atoms with van der Waals surface area (Å²) in [6.45, 7) is 41.7. The maximum absolute atomic E-state index is 2.61. The highest BCUT2D eigenvalue weighted by atomic mass is 15.2. The minimum absolute atomic E-state index is 0.175. The minimum Gasteiger partial charge on any atom is -0.310 e. The van der Waals surface area contributed by atoms with Crippen molar-refractivity contribution >= 4 is 133 Å². The molecule has 0 amide bonds. The third-order valence-corrected chi connectivity index (χ3v) is 31.0. The second kappa shape index (κ2) is 38.2. The molecule has 0 heterocycles. The lowest BCUT2D eigenvalue weighted by molar-refractivity contribution is 0.875. The lowest BCUT2D eigenvalue weighted by atomic mass is 9.83. The molecule has 4 nitrogen and oxygen atoms in total. The molecule has 22 rings (SSSR count). The van der Waals surface area contributed by atoms with Crippen molar-refractivity contribution in [3.8, 4) is 77.9 Å². The summed E-state index contributed by atoms with van der Waals surface area (Å²) in [5, 5.41) is 15.2. The lowest BCUT2D eigenvalue weighted by Gasteiger charge is -2.33. The number of nitrogens with zero attached hydrogens (tertiary/aromatic N) is 4. The molecule has 0 aromatic heterocycles. The zero-order chi connectivity index (χ0) is 99.3. The van der Waals surface area contributed by atoms with Crippen molar-refractivity contribution in [2.75, 3.05) is 19.6 Å². The van der Waals surface area contributed by atoms with E-state index >= 15 is 0 Å². The molecule has 0 saturated carbocycles. The van der Waals surface area contributed by atoms with Gasteiger partial charge in [0.25, 0.3) is 0 Å². The maximum atomic E-state index is 2.61. The van der Waals surface area contributed by atoms with E-state index < -0.39 is 0 Å². The number of anilines is 12. The molecule has 0 radical (unpaired) electrons. The van der Waals surface area contributed by atoms with Crippen LogP contribution in [0.15, 0.2) is 388 Å². The number of hydrogen-bond acceptors (Lipinski definition) is 4.